The van der Waals surface area contributed by atoms with Crippen LogP contribution in [-0.2, 0) is 0 Å². The van der Waals surface area contributed by atoms with Gasteiger partial charge in [0.1, 0.15) is 5.75 Å². The molecule has 0 radical (unpaired) electrons. The molecule has 0 saturated carbocycles. The number of hydrogen-bond donors (Lipinski definition) is 1. The smallest absolute Gasteiger partial charge is 0.127 e. The van der Waals surface area contributed by atoms with Crippen molar-refractivity contribution in [2.24, 2.45) is 5.73 Å². The van der Waals surface area contributed by atoms with Crippen LogP contribution in [0.25, 0.3) is 0 Å². The van der Waals surface area contributed by atoms with Gasteiger partial charge in [0.05, 0.1) is 23.9 Å². The third-order valence-corrected chi connectivity index (χ3v) is 3.65. The molecule has 1 atom stereocenters. The summed E-state index contributed by atoms with van der Waals surface area (Å²) in [5.41, 5.74) is 10.1. The lowest BCUT2D eigenvalue weighted by Crippen LogP contribution is -2.15. The molecule has 1 aromatic carbocycles. The molecule has 2 rings (SSSR count). The standard InChI is InChI=1S/C15H17ClN2O/c1-9-6-7-11(15(19-3)10(9)2)13(17)14-12(16)5-4-8-18-14/h4-8,13H,17H2,1-3H3. The highest BCUT2D eigenvalue weighted by molar-refractivity contribution is 6.31. The van der Waals surface area contributed by atoms with Gasteiger partial charge in [-0.1, -0.05) is 23.7 Å². The average molecular weight is 277 g/mol. The Labute approximate surface area is 118 Å². The number of aromatic nitrogens is 1. The maximum atomic E-state index is 6.29. The summed E-state index contributed by atoms with van der Waals surface area (Å²) in [4.78, 5) is 4.27. The Morgan fingerprint density at radius 3 is 2.63 bits per heavy atom. The van der Waals surface area contributed by atoms with Gasteiger partial charge in [-0.2, -0.15) is 0 Å². The molecular formula is C15H17ClN2O. The average Bonchev–Trinajstić information content (AvgIpc) is 2.41. The number of ether oxygens (including phenoxy) is 1. The van der Waals surface area contributed by atoms with Crippen LogP contribution in [0.4, 0.5) is 0 Å². The molecule has 0 saturated heterocycles. The number of pyridine rings is 1. The Hall–Kier alpha value is -1.58. The van der Waals surface area contributed by atoms with E-state index in [2.05, 4.69) is 4.98 Å². The number of halogens is 1. The highest BCUT2D eigenvalue weighted by Gasteiger charge is 2.19. The minimum Gasteiger partial charge on any atom is -0.496 e. The highest BCUT2D eigenvalue weighted by atomic mass is 35.5. The SMILES string of the molecule is COc1c(C(N)c2ncccc2Cl)ccc(C)c1C. The van der Waals surface area contributed by atoms with E-state index in [1.165, 1.54) is 5.56 Å². The maximum Gasteiger partial charge on any atom is 0.127 e. The van der Waals surface area contributed by atoms with Gasteiger partial charge in [0.25, 0.3) is 0 Å². The summed E-state index contributed by atoms with van der Waals surface area (Å²) in [5, 5.41) is 0.565. The number of benzene rings is 1. The van der Waals surface area contributed by atoms with Crippen molar-refractivity contribution >= 4 is 11.6 Å². The summed E-state index contributed by atoms with van der Waals surface area (Å²) in [6.07, 6.45) is 1.69. The Balaban J connectivity index is 2.53. The summed E-state index contributed by atoms with van der Waals surface area (Å²) >= 11 is 6.15. The second kappa shape index (κ2) is 5.59. The van der Waals surface area contributed by atoms with Crippen LogP contribution in [-0.4, -0.2) is 12.1 Å². The van der Waals surface area contributed by atoms with Gasteiger partial charge < -0.3 is 10.5 Å². The van der Waals surface area contributed by atoms with E-state index in [0.29, 0.717) is 10.7 Å². The van der Waals surface area contributed by atoms with Crippen LogP contribution in [0.5, 0.6) is 5.75 Å². The zero-order chi connectivity index (χ0) is 14.0. The van der Waals surface area contributed by atoms with Crippen LogP contribution >= 0.6 is 11.6 Å². The van der Waals surface area contributed by atoms with E-state index >= 15 is 0 Å². The van der Waals surface area contributed by atoms with Gasteiger partial charge in [0.2, 0.25) is 0 Å². The van der Waals surface area contributed by atoms with Gasteiger partial charge in [0, 0.05) is 11.8 Å². The molecule has 1 unspecified atom stereocenters. The lowest BCUT2D eigenvalue weighted by atomic mass is 9.97. The first-order valence-corrected chi connectivity index (χ1v) is 6.44. The van der Waals surface area contributed by atoms with Crippen molar-refractivity contribution in [3.8, 4) is 5.75 Å². The van der Waals surface area contributed by atoms with Crippen LogP contribution in [0.2, 0.25) is 5.02 Å². The molecule has 0 spiro atoms. The first-order valence-electron chi connectivity index (χ1n) is 6.06. The van der Waals surface area contributed by atoms with E-state index in [4.69, 9.17) is 22.1 Å². The summed E-state index contributed by atoms with van der Waals surface area (Å²) in [6.45, 7) is 4.06. The third kappa shape index (κ3) is 2.57. The van der Waals surface area contributed by atoms with Crippen molar-refractivity contribution in [2.45, 2.75) is 19.9 Å². The van der Waals surface area contributed by atoms with Crippen molar-refractivity contribution in [3.63, 3.8) is 0 Å². The normalized spacial score (nSPS) is 12.3. The molecular weight excluding hydrogens is 260 g/mol. The van der Waals surface area contributed by atoms with Gasteiger partial charge in [-0.05, 0) is 37.1 Å². The second-order valence-electron chi connectivity index (χ2n) is 4.48. The van der Waals surface area contributed by atoms with Crippen LogP contribution in [0.15, 0.2) is 30.5 Å². The molecule has 4 heteroatoms. The molecule has 1 heterocycles. The van der Waals surface area contributed by atoms with Crippen LogP contribution in [0, 0.1) is 13.8 Å². The molecule has 19 heavy (non-hydrogen) atoms. The largest absolute Gasteiger partial charge is 0.496 e. The quantitative estimate of drug-likeness (QED) is 0.935. The van der Waals surface area contributed by atoms with E-state index < -0.39 is 6.04 Å². The number of rotatable bonds is 3. The molecule has 0 aliphatic heterocycles. The summed E-state index contributed by atoms with van der Waals surface area (Å²) in [7, 11) is 1.65. The van der Waals surface area contributed by atoms with Crippen molar-refractivity contribution in [3.05, 3.63) is 57.9 Å². The monoisotopic (exact) mass is 276 g/mol. The van der Waals surface area contributed by atoms with Crippen LogP contribution in [0.3, 0.4) is 0 Å². The predicted octanol–water partition coefficient (Wildman–Crippen LogP) is 3.41. The van der Waals surface area contributed by atoms with Crippen molar-refractivity contribution < 1.29 is 4.74 Å². The maximum absolute atomic E-state index is 6.29. The van der Waals surface area contributed by atoms with E-state index in [9.17, 15) is 0 Å². The van der Waals surface area contributed by atoms with Gasteiger partial charge >= 0.3 is 0 Å². The molecule has 0 fully saturated rings. The molecule has 0 aliphatic rings. The Morgan fingerprint density at radius 1 is 1.26 bits per heavy atom. The number of nitrogens with zero attached hydrogens (tertiary/aromatic N) is 1. The minimum absolute atomic E-state index is 0.400. The number of aryl methyl sites for hydroxylation is 1. The van der Waals surface area contributed by atoms with Gasteiger partial charge in [-0.15, -0.1) is 0 Å². The zero-order valence-electron chi connectivity index (χ0n) is 11.3. The van der Waals surface area contributed by atoms with Gasteiger partial charge in [0.15, 0.2) is 0 Å². The molecule has 0 bridgehead atoms. The Bertz CT molecular complexity index is 599. The van der Waals surface area contributed by atoms with E-state index in [0.717, 1.165) is 16.9 Å². The second-order valence-corrected chi connectivity index (χ2v) is 4.89. The van der Waals surface area contributed by atoms with Gasteiger partial charge in [-0.3, -0.25) is 4.98 Å². The lowest BCUT2D eigenvalue weighted by molar-refractivity contribution is 0.404. The first kappa shape index (κ1) is 13.8. The minimum atomic E-state index is -0.400. The fraction of sp³-hybridized carbons (Fsp3) is 0.267. The number of methoxy groups -OCH3 is 1. The highest BCUT2D eigenvalue weighted by Crippen LogP contribution is 2.34. The molecule has 0 aliphatic carbocycles. The molecule has 0 amide bonds. The number of hydrogen-bond acceptors (Lipinski definition) is 3. The van der Waals surface area contributed by atoms with E-state index in [1.54, 1.807) is 25.4 Å². The fourth-order valence-corrected chi connectivity index (χ4v) is 2.34. The third-order valence-electron chi connectivity index (χ3n) is 3.33. The topological polar surface area (TPSA) is 48.1 Å². The van der Waals surface area contributed by atoms with Gasteiger partial charge in [-0.25, -0.2) is 0 Å². The van der Waals surface area contributed by atoms with Crippen molar-refractivity contribution in [2.75, 3.05) is 7.11 Å². The lowest BCUT2D eigenvalue weighted by Gasteiger charge is -2.19. The molecule has 2 N–H and O–H groups in total. The number of nitrogens with two attached hydrogens (primary N) is 1. The van der Waals surface area contributed by atoms with Crippen molar-refractivity contribution in [1.29, 1.82) is 0 Å². The van der Waals surface area contributed by atoms with E-state index in [-0.39, 0.29) is 0 Å². The molecule has 3 nitrogen and oxygen atoms in total. The first-order chi connectivity index (χ1) is 9.06. The van der Waals surface area contributed by atoms with E-state index in [1.807, 2.05) is 26.0 Å². The summed E-state index contributed by atoms with van der Waals surface area (Å²) in [6, 6.07) is 7.18. The molecule has 2 aromatic rings. The predicted molar refractivity (Wildman–Crippen MR) is 77.7 cm³/mol. The molecule has 100 valence electrons. The molecule has 1 aromatic heterocycles. The van der Waals surface area contributed by atoms with Crippen LogP contribution in [0.1, 0.15) is 28.4 Å². The Morgan fingerprint density at radius 2 is 2.00 bits per heavy atom. The summed E-state index contributed by atoms with van der Waals surface area (Å²) in [5.74, 6) is 0.800. The van der Waals surface area contributed by atoms with Crippen molar-refractivity contribution in [1.82, 2.24) is 4.98 Å². The Kier molecular flexibility index (Phi) is 4.08. The summed E-state index contributed by atoms with van der Waals surface area (Å²) < 4.78 is 5.49. The fourth-order valence-electron chi connectivity index (χ4n) is 2.10. The zero-order valence-corrected chi connectivity index (χ0v) is 12.0. The van der Waals surface area contributed by atoms with Crippen LogP contribution < -0.4 is 10.5 Å².